The summed E-state index contributed by atoms with van der Waals surface area (Å²) >= 11 is 0. The third-order valence-corrected chi connectivity index (χ3v) is 9.35. The Labute approximate surface area is 300 Å². The quantitative estimate of drug-likeness (QED) is 0.105. The molecule has 0 atom stereocenters. The molecule has 0 aliphatic carbocycles. The lowest BCUT2D eigenvalue weighted by atomic mass is 9.69. The minimum Gasteiger partial charge on any atom is -0.489 e. The molecule has 0 fully saturated rings. The zero-order valence-electron chi connectivity index (χ0n) is 31.4. The summed E-state index contributed by atoms with van der Waals surface area (Å²) < 4.78 is 24.4. The van der Waals surface area contributed by atoms with Gasteiger partial charge in [-0.15, -0.1) is 0 Å². The number of hydrogen-bond donors (Lipinski definition) is 0. The lowest BCUT2D eigenvalue weighted by Crippen LogP contribution is -2.20. The highest BCUT2D eigenvalue weighted by Gasteiger charge is 2.34. The smallest absolute Gasteiger partial charge is 0.122 e. The minimum absolute atomic E-state index is 0.0644. The molecule has 4 nitrogen and oxygen atoms in total. The number of rotatable bonds is 17. The Bertz CT molecular complexity index is 1610. The van der Waals surface area contributed by atoms with E-state index in [2.05, 4.69) is 130 Å². The summed E-state index contributed by atoms with van der Waals surface area (Å²) in [7, 11) is 0. The molecule has 0 unspecified atom stereocenters. The van der Waals surface area contributed by atoms with E-state index in [9.17, 15) is 0 Å². The lowest BCUT2D eigenvalue weighted by Gasteiger charge is -2.35. The van der Waals surface area contributed by atoms with Gasteiger partial charge in [0.05, 0.1) is 0 Å². The molecule has 4 aromatic carbocycles. The van der Waals surface area contributed by atoms with E-state index in [4.69, 9.17) is 18.9 Å². The van der Waals surface area contributed by atoms with Crippen molar-refractivity contribution in [3.05, 3.63) is 166 Å². The van der Waals surface area contributed by atoms with Gasteiger partial charge in [0.2, 0.25) is 0 Å². The first-order chi connectivity index (χ1) is 23.9. The molecule has 0 bridgehead atoms. The maximum Gasteiger partial charge on any atom is 0.122 e. The average molecular weight is 671 g/mol. The van der Waals surface area contributed by atoms with Crippen LogP contribution in [-0.4, -0.2) is 26.4 Å². The van der Waals surface area contributed by atoms with Crippen LogP contribution in [0.3, 0.4) is 0 Å². The van der Waals surface area contributed by atoms with Crippen molar-refractivity contribution in [2.75, 3.05) is 26.4 Å². The van der Waals surface area contributed by atoms with Crippen LogP contribution in [0.15, 0.2) is 99.2 Å². The van der Waals surface area contributed by atoms with Gasteiger partial charge in [0.15, 0.2) is 0 Å². The van der Waals surface area contributed by atoms with Crippen LogP contribution >= 0.6 is 0 Å². The third kappa shape index (κ3) is 8.42. The van der Waals surface area contributed by atoms with Crippen molar-refractivity contribution in [3.8, 4) is 23.0 Å². The predicted octanol–water partition coefficient (Wildman–Crippen LogP) is 11.4. The minimum atomic E-state index is -0.0644. The molecule has 50 heavy (non-hydrogen) atoms. The highest BCUT2D eigenvalue weighted by molar-refractivity contribution is 5.58. The Morgan fingerprint density at radius 2 is 0.560 bits per heavy atom. The van der Waals surface area contributed by atoms with Gasteiger partial charge in [-0.1, -0.05) is 74.9 Å². The second kappa shape index (κ2) is 17.1. The zero-order chi connectivity index (χ0) is 36.5. The topological polar surface area (TPSA) is 36.9 Å². The van der Waals surface area contributed by atoms with Crippen molar-refractivity contribution in [1.82, 2.24) is 0 Å². The molecule has 0 N–H and O–H groups in total. The molecule has 4 heteroatoms. The molecule has 0 radical (unpaired) electrons. The summed E-state index contributed by atoms with van der Waals surface area (Å²) in [6, 6.07) is 18.0. The van der Waals surface area contributed by atoms with Crippen molar-refractivity contribution in [2.24, 2.45) is 0 Å². The maximum absolute atomic E-state index is 6.11. The Morgan fingerprint density at radius 3 is 0.740 bits per heavy atom. The first kappa shape index (κ1) is 37.9. The monoisotopic (exact) mass is 670 g/mol. The molecule has 0 heterocycles. The molecule has 0 aliphatic heterocycles. The zero-order valence-corrected chi connectivity index (χ0v) is 31.4. The van der Waals surface area contributed by atoms with Crippen LogP contribution in [-0.2, 0) is 0 Å². The first-order valence-electron chi connectivity index (χ1n) is 17.3. The maximum atomic E-state index is 6.11. The van der Waals surface area contributed by atoms with E-state index in [-0.39, 0.29) is 11.8 Å². The van der Waals surface area contributed by atoms with Crippen LogP contribution < -0.4 is 18.9 Å². The summed E-state index contributed by atoms with van der Waals surface area (Å²) in [5.74, 6) is 3.35. The number of hydrogen-bond acceptors (Lipinski definition) is 4. The van der Waals surface area contributed by atoms with E-state index in [1.165, 1.54) is 22.3 Å². The summed E-state index contributed by atoms with van der Waals surface area (Å²) in [6.45, 7) is 34.5. The van der Waals surface area contributed by atoms with Crippen LogP contribution in [0.2, 0.25) is 0 Å². The fraction of sp³-hybridized carbons (Fsp3) is 0.304. The largest absolute Gasteiger partial charge is 0.489 e. The third-order valence-electron chi connectivity index (χ3n) is 9.35. The van der Waals surface area contributed by atoms with Gasteiger partial charge in [0.25, 0.3) is 0 Å². The van der Waals surface area contributed by atoms with Crippen molar-refractivity contribution < 1.29 is 18.9 Å². The molecule has 4 aromatic rings. The van der Waals surface area contributed by atoms with Crippen molar-refractivity contribution in [1.29, 1.82) is 0 Å². The Hall–Kier alpha value is -4.96. The molecule has 0 aromatic heterocycles. The average Bonchev–Trinajstić information content (AvgIpc) is 3.08. The van der Waals surface area contributed by atoms with E-state index in [0.717, 1.165) is 67.5 Å². The SMILES string of the molecule is C=CCOc1cc(C)c(C(c2cc(C)c(OCC=C)cc2C)C(c2cc(C)c(OCC=C)cc2C)c2cc(C)c(OCC=C)cc2C)cc1C. The summed E-state index contributed by atoms with van der Waals surface area (Å²) in [5, 5.41) is 0. The lowest BCUT2D eigenvalue weighted by molar-refractivity contribution is 0.359. The fourth-order valence-electron chi connectivity index (χ4n) is 6.86. The molecule has 0 spiro atoms. The van der Waals surface area contributed by atoms with Crippen LogP contribution in [0.25, 0.3) is 0 Å². The molecule has 4 rings (SSSR count). The Morgan fingerprint density at radius 1 is 0.360 bits per heavy atom. The number of aryl methyl sites for hydroxylation is 8. The van der Waals surface area contributed by atoms with Gasteiger partial charge < -0.3 is 18.9 Å². The normalized spacial score (nSPS) is 11.0. The number of benzene rings is 4. The van der Waals surface area contributed by atoms with Crippen LogP contribution in [0.4, 0.5) is 0 Å². The predicted molar refractivity (Wildman–Crippen MR) is 210 cm³/mol. The fourth-order valence-corrected chi connectivity index (χ4v) is 6.86. The summed E-state index contributed by atoms with van der Waals surface area (Å²) in [5.41, 5.74) is 14.0. The molecule has 0 aliphatic rings. The van der Waals surface area contributed by atoms with Crippen LogP contribution in [0.1, 0.15) is 78.6 Å². The van der Waals surface area contributed by atoms with Gasteiger partial charge in [0.1, 0.15) is 49.4 Å². The summed E-state index contributed by atoms with van der Waals surface area (Å²) in [4.78, 5) is 0. The van der Waals surface area contributed by atoms with E-state index < -0.39 is 0 Å². The second-order valence-electron chi connectivity index (χ2n) is 13.3. The Balaban J connectivity index is 2.13. The Kier molecular flexibility index (Phi) is 13.0. The van der Waals surface area contributed by atoms with Crippen LogP contribution in [0.5, 0.6) is 23.0 Å². The van der Waals surface area contributed by atoms with Gasteiger partial charge >= 0.3 is 0 Å². The molecular weight excluding hydrogens is 617 g/mol. The van der Waals surface area contributed by atoms with Crippen molar-refractivity contribution in [2.45, 2.75) is 67.2 Å². The molecule has 0 saturated heterocycles. The molecule has 262 valence electrons. The van der Waals surface area contributed by atoms with Crippen LogP contribution in [0, 0.1) is 55.4 Å². The van der Waals surface area contributed by atoms with Gasteiger partial charge in [0, 0.05) is 11.8 Å². The second-order valence-corrected chi connectivity index (χ2v) is 13.3. The van der Waals surface area contributed by atoms with Crippen molar-refractivity contribution in [3.63, 3.8) is 0 Å². The van der Waals surface area contributed by atoms with E-state index in [0.29, 0.717) is 26.4 Å². The van der Waals surface area contributed by atoms with E-state index in [1.807, 2.05) is 0 Å². The van der Waals surface area contributed by atoms with E-state index in [1.54, 1.807) is 24.3 Å². The van der Waals surface area contributed by atoms with Gasteiger partial charge in [-0.2, -0.15) is 0 Å². The van der Waals surface area contributed by atoms with Crippen molar-refractivity contribution >= 4 is 0 Å². The molecular formula is C46H54O4. The highest BCUT2D eigenvalue weighted by atomic mass is 16.5. The molecule has 0 amide bonds. The first-order valence-corrected chi connectivity index (χ1v) is 17.3. The standard InChI is InChI=1S/C46H54O4/c1-13-17-47-41-25-29(5)37(21-33(41)9)45(38-22-34(10)42(26-30(38)6)48-18-14-2)46(39-23-35(11)43(27-31(39)7)49-19-15-3)40-24-36(12)44(28-32(40)8)50-20-16-4/h13-16,21-28,45-46H,1-4,17-20H2,5-12H3. The van der Waals surface area contributed by atoms with Gasteiger partial charge in [-0.05, 0) is 146 Å². The van der Waals surface area contributed by atoms with E-state index >= 15 is 0 Å². The van der Waals surface area contributed by atoms with Gasteiger partial charge in [-0.25, -0.2) is 0 Å². The summed E-state index contributed by atoms with van der Waals surface area (Å²) in [6.07, 6.45) is 7.13. The van der Waals surface area contributed by atoms with Gasteiger partial charge in [-0.3, -0.25) is 0 Å². The molecule has 0 saturated carbocycles. The number of ether oxygens (including phenoxy) is 4. The highest BCUT2D eigenvalue weighted by Crippen LogP contribution is 2.50.